The van der Waals surface area contributed by atoms with Crippen LogP contribution in [0, 0.1) is 17.2 Å². The number of methoxy groups -OCH3 is 1. The average molecular weight is 307 g/mol. The third-order valence-electron chi connectivity index (χ3n) is 4.16. The van der Waals surface area contributed by atoms with Crippen molar-refractivity contribution in [3.63, 3.8) is 0 Å². The van der Waals surface area contributed by atoms with Crippen LogP contribution in [0.1, 0.15) is 43.7 Å². The first-order valence-corrected chi connectivity index (χ1v) is 8.96. The summed E-state index contributed by atoms with van der Waals surface area (Å²) in [5.41, 5.74) is 1.03. The van der Waals surface area contributed by atoms with Crippen LogP contribution in [0.4, 0.5) is 0 Å². The van der Waals surface area contributed by atoms with Crippen LogP contribution in [0.3, 0.4) is 0 Å². The van der Waals surface area contributed by atoms with Crippen molar-refractivity contribution in [2.24, 2.45) is 5.92 Å². The summed E-state index contributed by atoms with van der Waals surface area (Å²) >= 11 is 0. The predicted molar refractivity (Wildman–Crippen MR) is 81.8 cm³/mol. The molecule has 0 radical (unpaired) electrons. The second kappa shape index (κ2) is 6.48. The van der Waals surface area contributed by atoms with Crippen molar-refractivity contribution in [3.05, 3.63) is 29.3 Å². The summed E-state index contributed by atoms with van der Waals surface area (Å²) in [6, 6.07) is 6.95. The molecule has 1 aliphatic carbocycles. The molecule has 1 aliphatic rings. The lowest BCUT2D eigenvalue weighted by Crippen LogP contribution is -2.28. The number of hydrogen-bond donors (Lipinski definition) is 0. The third kappa shape index (κ3) is 3.76. The van der Waals surface area contributed by atoms with Crippen LogP contribution >= 0.6 is 0 Å². The zero-order valence-electron chi connectivity index (χ0n) is 12.5. The van der Waals surface area contributed by atoms with E-state index in [1.807, 2.05) is 6.07 Å². The van der Waals surface area contributed by atoms with Crippen molar-refractivity contribution in [1.29, 1.82) is 5.26 Å². The van der Waals surface area contributed by atoms with Gasteiger partial charge in [0.05, 0.1) is 29.7 Å². The first kappa shape index (κ1) is 15.8. The Balaban J connectivity index is 2.25. The molecule has 0 heterocycles. The second-order valence-electron chi connectivity index (χ2n) is 5.84. The van der Waals surface area contributed by atoms with Crippen LogP contribution in [-0.4, -0.2) is 20.8 Å². The molecular weight excluding hydrogens is 286 g/mol. The first-order chi connectivity index (χ1) is 9.96. The highest BCUT2D eigenvalue weighted by Gasteiger charge is 2.30. The van der Waals surface area contributed by atoms with Gasteiger partial charge in [0.15, 0.2) is 9.84 Å². The largest absolute Gasteiger partial charge is 0.496 e. The Labute approximate surface area is 126 Å². The standard InChI is InChI=1S/C16H21NO3S/c1-12-4-3-5-15(8-12)21(18,19)11-14-9-13(10-17)6-7-16(14)20-2/h6-7,9,12,15H,3-5,8,11H2,1-2H3. The summed E-state index contributed by atoms with van der Waals surface area (Å²) in [6.07, 6.45) is 3.56. The highest BCUT2D eigenvalue weighted by Crippen LogP contribution is 2.31. The molecule has 0 spiro atoms. The molecule has 2 atom stereocenters. The third-order valence-corrected chi connectivity index (χ3v) is 6.32. The van der Waals surface area contributed by atoms with Crippen molar-refractivity contribution < 1.29 is 13.2 Å². The van der Waals surface area contributed by atoms with Gasteiger partial charge in [-0.3, -0.25) is 0 Å². The van der Waals surface area contributed by atoms with Crippen molar-refractivity contribution in [2.75, 3.05) is 7.11 Å². The topological polar surface area (TPSA) is 67.2 Å². The van der Waals surface area contributed by atoms with Gasteiger partial charge in [0.25, 0.3) is 0 Å². The van der Waals surface area contributed by atoms with E-state index in [0.717, 1.165) is 25.7 Å². The Kier molecular flexibility index (Phi) is 4.89. The normalized spacial score (nSPS) is 22.5. The van der Waals surface area contributed by atoms with Gasteiger partial charge in [0.2, 0.25) is 0 Å². The van der Waals surface area contributed by atoms with Gasteiger partial charge in [0, 0.05) is 5.56 Å². The fourth-order valence-corrected chi connectivity index (χ4v) is 5.04. The number of benzene rings is 1. The van der Waals surface area contributed by atoms with Crippen LogP contribution in [-0.2, 0) is 15.6 Å². The van der Waals surface area contributed by atoms with Gasteiger partial charge in [0.1, 0.15) is 5.75 Å². The van der Waals surface area contributed by atoms with Crippen molar-refractivity contribution in [2.45, 2.75) is 43.6 Å². The van der Waals surface area contributed by atoms with Crippen molar-refractivity contribution >= 4 is 9.84 Å². The maximum Gasteiger partial charge on any atom is 0.157 e. The molecule has 1 fully saturated rings. The van der Waals surface area contributed by atoms with Crippen LogP contribution in [0.2, 0.25) is 0 Å². The SMILES string of the molecule is COc1ccc(C#N)cc1CS(=O)(=O)C1CCCC(C)C1. The van der Waals surface area contributed by atoms with Gasteiger partial charge in [-0.15, -0.1) is 0 Å². The molecule has 1 aromatic carbocycles. The van der Waals surface area contributed by atoms with E-state index >= 15 is 0 Å². The van der Waals surface area contributed by atoms with Gasteiger partial charge < -0.3 is 4.74 Å². The Morgan fingerprint density at radius 3 is 2.76 bits per heavy atom. The summed E-state index contributed by atoms with van der Waals surface area (Å²) < 4.78 is 30.5. The predicted octanol–water partition coefficient (Wildman–Crippen LogP) is 3.06. The maximum absolute atomic E-state index is 12.6. The van der Waals surface area contributed by atoms with E-state index in [-0.39, 0.29) is 11.0 Å². The molecule has 5 heteroatoms. The van der Waals surface area contributed by atoms with Crippen LogP contribution in [0.15, 0.2) is 18.2 Å². The van der Waals surface area contributed by atoms with Gasteiger partial charge >= 0.3 is 0 Å². The number of nitriles is 1. The van der Waals surface area contributed by atoms with E-state index in [1.165, 1.54) is 7.11 Å². The maximum atomic E-state index is 12.6. The van der Waals surface area contributed by atoms with E-state index < -0.39 is 9.84 Å². The van der Waals surface area contributed by atoms with Crippen molar-refractivity contribution in [3.8, 4) is 11.8 Å². The lowest BCUT2D eigenvalue weighted by atomic mass is 9.91. The quantitative estimate of drug-likeness (QED) is 0.857. The molecule has 0 saturated heterocycles. The summed E-state index contributed by atoms with van der Waals surface area (Å²) in [4.78, 5) is 0. The average Bonchev–Trinajstić information content (AvgIpc) is 2.46. The molecule has 114 valence electrons. The fourth-order valence-electron chi connectivity index (χ4n) is 3.00. The molecule has 0 aromatic heterocycles. The minimum Gasteiger partial charge on any atom is -0.496 e. The smallest absolute Gasteiger partial charge is 0.157 e. The molecule has 2 rings (SSSR count). The molecule has 21 heavy (non-hydrogen) atoms. The molecule has 0 bridgehead atoms. The van der Waals surface area contributed by atoms with Gasteiger partial charge in [-0.2, -0.15) is 5.26 Å². The fraction of sp³-hybridized carbons (Fsp3) is 0.562. The molecule has 4 nitrogen and oxygen atoms in total. The number of ether oxygens (including phenoxy) is 1. The Bertz CT molecular complexity index is 646. The van der Waals surface area contributed by atoms with E-state index in [9.17, 15) is 8.42 Å². The summed E-state index contributed by atoms with van der Waals surface area (Å²) in [5, 5.41) is 8.70. The van der Waals surface area contributed by atoms with Crippen LogP contribution < -0.4 is 4.74 Å². The zero-order valence-corrected chi connectivity index (χ0v) is 13.3. The molecule has 0 aliphatic heterocycles. The van der Waals surface area contributed by atoms with Gasteiger partial charge in [-0.1, -0.05) is 19.8 Å². The highest BCUT2D eigenvalue weighted by atomic mass is 32.2. The summed E-state index contributed by atoms with van der Waals surface area (Å²) in [5.74, 6) is 0.940. The van der Waals surface area contributed by atoms with Gasteiger partial charge in [-0.05, 0) is 37.0 Å². The lowest BCUT2D eigenvalue weighted by Gasteiger charge is -2.26. The van der Waals surface area contributed by atoms with Crippen LogP contribution in [0.5, 0.6) is 5.75 Å². The molecule has 1 saturated carbocycles. The van der Waals surface area contributed by atoms with E-state index in [0.29, 0.717) is 22.8 Å². The Morgan fingerprint density at radius 1 is 1.38 bits per heavy atom. The number of sulfone groups is 1. The number of rotatable bonds is 4. The first-order valence-electron chi connectivity index (χ1n) is 7.25. The lowest BCUT2D eigenvalue weighted by molar-refractivity contribution is 0.381. The summed E-state index contributed by atoms with van der Waals surface area (Å²) in [7, 11) is -1.70. The number of nitrogens with zero attached hydrogens (tertiary/aromatic N) is 1. The van der Waals surface area contributed by atoms with Crippen LogP contribution in [0.25, 0.3) is 0 Å². The minimum absolute atomic E-state index is 0.0525. The highest BCUT2D eigenvalue weighted by molar-refractivity contribution is 7.91. The minimum atomic E-state index is -3.22. The van der Waals surface area contributed by atoms with Gasteiger partial charge in [-0.25, -0.2) is 8.42 Å². The monoisotopic (exact) mass is 307 g/mol. The Morgan fingerprint density at radius 2 is 2.14 bits per heavy atom. The second-order valence-corrected chi connectivity index (χ2v) is 8.12. The zero-order chi connectivity index (χ0) is 15.5. The summed E-state index contributed by atoms with van der Waals surface area (Å²) in [6.45, 7) is 2.11. The Hall–Kier alpha value is -1.54. The molecule has 2 unspecified atom stereocenters. The van der Waals surface area contributed by atoms with E-state index in [2.05, 4.69) is 6.92 Å². The van der Waals surface area contributed by atoms with E-state index in [4.69, 9.17) is 10.00 Å². The number of hydrogen-bond acceptors (Lipinski definition) is 4. The molecule has 0 N–H and O–H groups in total. The molecular formula is C16H21NO3S. The molecule has 1 aromatic rings. The van der Waals surface area contributed by atoms with E-state index in [1.54, 1.807) is 18.2 Å². The molecule has 0 amide bonds. The van der Waals surface area contributed by atoms with Crippen molar-refractivity contribution in [1.82, 2.24) is 0 Å².